The number of fused-ring (bicyclic) bond motifs is 1. The number of carbonyl (C=O) groups is 1. The number of aryl methyl sites for hydroxylation is 1. The quantitative estimate of drug-likeness (QED) is 0.451. The standard InChI is InChI=1S/C21H24FN2O9P/c1-3-8-29-20(26)14-7-5-4-6-13(14)10-30-34(28)31-11-15-17(33-34)16(22)19(32-15)24-9-12(2)18(25)23-21(24)27/h4-7,9,15-17,19H,3,8,10-11H2,1-2H3,(H,23,25,27)/t15-,16+,17-,19-,34?/m0/s1. The number of carbonyl (C=O) groups excluding carboxylic acids is 1. The first-order valence-corrected chi connectivity index (χ1v) is 12.1. The molecule has 2 aliphatic heterocycles. The average molecular weight is 498 g/mol. The number of halogens is 1. The lowest BCUT2D eigenvalue weighted by Crippen LogP contribution is -2.39. The Balaban J connectivity index is 1.47. The van der Waals surface area contributed by atoms with Gasteiger partial charge < -0.3 is 9.47 Å². The molecule has 0 spiro atoms. The van der Waals surface area contributed by atoms with Gasteiger partial charge in [0.25, 0.3) is 5.56 Å². The molecule has 1 N–H and O–H groups in total. The topological polar surface area (TPSA) is 135 Å². The first kappa shape index (κ1) is 24.5. The second-order valence-corrected chi connectivity index (χ2v) is 9.49. The Morgan fingerprint density at radius 1 is 1.32 bits per heavy atom. The van der Waals surface area contributed by atoms with Gasteiger partial charge in [0.15, 0.2) is 12.4 Å². The van der Waals surface area contributed by atoms with Gasteiger partial charge in [0, 0.05) is 11.8 Å². The number of aromatic amines is 1. The van der Waals surface area contributed by atoms with Crippen LogP contribution in [0.25, 0.3) is 0 Å². The largest absolute Gasteiger partial charge is 0.475 e. The number of nitrogens with one attached hydrogen (secondary N) is 1. The summed E-state index contributed by atoms with van der Waals surface area (Å²) in [6.45, 7) is 2.95. The smallest absolute Gasteiger partial charge is 0.462 e. The van der Waals surface area contributed by atoms with Crippen molar-refractivity contribution < 1.29 is 36.8 Å². The number of nitrogens with zero attached hydrogens (tertiary/aromatic N) is 1. The maximum absolute atomic E-state index is 15.2. The Morgan fingerprint density at radius 2 is 2.09 bits per heavy atom. The molecule has 0 saturated carbocycles. The number of rotatable bonds is 7. The summed E-state index contributed by atoms with van der Waals surface area (Å²) in [6, 6.07) is 6.46. The third kappa shape index (κ3) is 4.91. The summed E-state index contributed by atoms with van der Waals surface area (Å²) in [5, 5.41) is 0. The van der Waals surface area contributed by atoms with Gasteiger partial charge >= 0.3 is 19.5 Å². The second kappa shape index (κ2) is 9.93. The number of ether oxygens (including phenoxy) is 2. The molecule has 3 heterocycles. The van der Waals surface area contributed by atoms with Crippen LogP contribution in [0.15, 0.2) is 40.1 Å². The lowest BCUT2D eigenvalue weighted by molar-refractivity contribution is -0.0731. The van der Waals surface area contributed by atoms with Crippen LogP contribution in [-0.4, -0.2) is 47.1 Å². The predicted molar refractivity (Wildman–Crippen MR) is 115 cm³/mol. The maximum atomic E-state index is 15.2. The van der Waals surface area contributed by atoms with Gasteiger partial charge in [-0.05, 0) is 25.0 Å². The molecule has 13 heteroatoms. The van der Waals surface area contributed by atoms with E-state index in [0.29, 0.717) is 12.0 Å². The van der Waals surface area contributed by atoms with Gasteiger partial charge in [-0.25, -0.2) is 18.5 Å². The van der Waals surface area contributed by atoms with E-state index in [4.69, 9.17) is 23.0 Å². The Hall–Kier alpha value is -2.63. The highest BCUT2D eigenvalue weighted by Crippen LogP contribution is 2.57. The van der Waals surface area contributed by atoms with Crippen molar-refractivity contribution in [3.8, 4) is 0 Å². The summed E-state index contributed by atoms with van der Waals surface area (Å²) in [5.41, 5.74) is -0.636. The molecule has 1 unspecified atom stereocenters. The van der Waals surface area contributed by atoms with Crippen LogP contribution in [0, 0.1) is 6.92 Å². The van der Waals surface area contributed by atoms with Crippen molar-refractivity contribution in [3.05, 3.63) is 68.0 Å². The number of phosphoric acid groups is 1. The molecule has 184 valence electrons. The molecule has 2 fully saturated rings. The van der Waals surface area contributed by atoms with Crippen LogP contribution in [0.1, 0.15) is 41.1 Å². The summed E-state index contributed by atoms with van der Waals surface area (Å²) in [5.74, 6) is -0.553. The number of aromatic nitrogens is 2. The zero-order chi connectivity index (χ0) is 24.5. The highest BCUT2D eigenvalue weighted by atomic mass is 31.2. The summed E-state index contributed by atoms with van der Waals surface area (Å²) in [4.78, 5) is 38.1. The van der Waals surface area contributed by atoms with Gasteiger partial charge in [-0.15, -0.1) is 0 Å². The van der Waals surface area contributed by atoms with Crippen LogP contribution in [0.3, 0.4) is 0 Å². The van der Waals surface area contributed by atoms with Gasteiger partial charge in [-0.2, -0.15) is 0 Å². The second-order valence-electron chi connectivity index (χ2n) is 7.87. The highest BCUT2D eigenvalue weighted by Gasteiger charge is 2.54. The van der Waals surface area contributed by atoms with Crippen molar-refractivity contribution in [2.75, 3.05) is 13.2 Å². The third-order valence-electron chi connectivity index (χ3n) is 5.39. The average Bonchev–Trinajstić information content (AvgIpc) is 3.14. The number of hydrogen-bond donors (Lipinski definition) is 1. The molecule has 1 aromatic heterocycles. The monoisotopic (exact) mass is 498 g/mol. The molecule has 11 nitrogen and oxygen atoms in total. The van der Waals surface area contributed by atoms with Crippen molar-refractivity contribution in [2.45, 2.75) is 51.5 Å². The van der Waals surface area contributed by atoms with Gasteiger partial charge in [-0.3, -0.25) is 27.9 Å². The molecule has 0 aliphatic carbocycles. The minimum atomic E-state index is -4.22. The maximum Gasteiger partial charge on any atom is 0.475 e. The molecule has 4 rings (SSSR count). The molecule has 2 saturated heterocycles. The molecule has 2 aromatic rings. The van der Waals surface area contributed by atoms with Gasteiger partial charge in [0.1, 0.15) is 12.2 Å². The lowest BCUT2D eigenvalue weighted by atomic mass is 10.1. The van der Waals surface area contributed by atoms with Crippen molar-refractivity contribution in [2.24, 2.45) is 0 Å². The molecular formula is C21H24FN2O9P. The number of benzene rings is 1. The van der Waals surface area contributed by atoms with E-state index in [1.54, 1.807) is 24.3 Å². The fraction of sp³-hybridized carbons (Fsp3) is 0.476. The number of alkyl halides is 1. The van der Waals surface area contributed by atoms with Crippen LogP contribution in [-0.2, 0) is 34.2 Å². The van der Waals surface area contributed by atoms with E-state index in [0.717, 1.165) is 4.57 Å². The highest BCUT2D eigenvalue weighted by molar-refractivity contribution is 7.48. The van der Waals surface area contributed by atoms with E-state index in [2.05, 4.69) is 4.98 Å². The zero-order valence-electron chi connectivity index (χ0n) is 18.5. The summed E-state index contributed by atoms with van der Waals surface area (Å²) in [7, 11) is -4.22. The lowest BCUT2D eigenvalue weighted by Gasteiger charge is -2.30. The first-order chi connectivity index (χ1) is 16.2. The predicted octanol–water partition coefficient (Wildman–Crippen LogP) is 2.39. The number of H-pyrrole nitrogens is 1. The summed E-state index contributed by atoms with van der Waals surface area (Å²) >= 11 is 0. The molecule has 0 bridgehead atoms. The molecule has 0 radical (unpaired) electrons. The van der Waals surface area contributed by atoms with E-state index in [-0.39, 0.29) is 30.9 Å². The fourth-order valence-electron chi connectivity index (χ4n) is 3.63. The Kier molecular flexibility index (Phi) is 7.15. The molecule has 34 heavy (non-hydrogen) atoms. The SMILES string of the molecule is CCCOC(=O)c1ccccc1COP1(=O)OC[C@@H]2O[C@H](n3cc(C)c(=O)[nH]c3=O)[C@H](F)[C@H]2O1. The van der Waals surface area contributed by atoms with Crippen LogP contribution < -0.4 is 11.2 Å². The van der Waals surface area contributed by atoms with Gasteiger partial charge in [0.05, 0.1) is 25.4 Å². The third-order valence-corrected chi connectivity index (χ3v) is 6.80. The van der Waals surface area contributed by atoms with Crippen molar-refractivity contribution in [3.63, 3.8) is 0 Å². The van der Waals surface area contributed by atoms with Crippen LogP contribution >= 0.6 is 7.82 Å². The summed E-state index contributed by atoms with van der Waals surface area (Å²) in [6.07, 6.45) is -3.77. The normalized spacial score (nSPS) is 28.4. The van der Waals surface area contributed by atoms with Crippen LogP contribution in [0.2, 0.25) is 0 Å². The Morgan fingerprint density at radius 3 is 2.85 bits per heavy atom. The zero-order valence-corrected chi connectivity index (χ0v) is 19.4. The van der Waals surface area contributed by atoms with E-state index in [1.165, 1.54) is 13.1 Å². The van der Waals surface area contributed by atoms with Gasteiger partial charge in [0.2, 0.25) is 0 Å². The minimum Gasteiger partial charge on any atom is -0.462 e. The molecule has 1 aromatic carbocycles. The number of hydrogen-bond acceptors (Lipinski definition) is 9. The van der Waals surface area contributed by atoms with Crippen molar-refractivity contribution in [1.82, 2.24) is 9.55 Å². The van der Waals surface area contributed by atoms with Crippen LogP contribution in [0.5, 0.6) is 0 Å². The van der Waals surface area contributed by atoms with E-state index in [9.17, 15) is 18.9 Å². The minimum absolute atomic E-state index is 0.188. The first-order valence-electron chi connectivity index (χ1n) is 10.7. The number of phosphoric ester groups is 1. The Labute approximate surface area is 193 Å². The van der Waals surface area contributed by atoms with Crippen molar-refractivity contribution >= 4 is 13.8 Å². The molecule has 0 amide bonds. The van der Waals surface area contributed by atoms with E-state index in [1.807, 2.05) is 6.92 Å². The fourth-order valence-corrected chi connectivity index (χ4v) is 5.00. The van der Waals surface area contributed by atoms with E-state index >= 15 is 4.39 Å². The molecular weight excluding hydrogens is 474 g/mol. The summed E-state index contributed by atoms with van der Waals surface area (Å²) < 4.78 is 55.8. The van der Waals surface area contributed by atoms with Crippen LogP contribution in [0.4, 0.5) is 4.39 Å². The van der Waals surface area contributed by atoms with Crippen molar-refractivity contribution in [1.29, 1.82) is 0 Å². The molecule has 2 aliphatic rings. The molecule has 5 atom stereocenters. The van der Waals surface area contributed by atoms with E-state index < -0.39 is 49.6 Å². The number of esters is 1. The van der Waals surface area contributed by atoms with Gasteiger partial charge in [-0.1, -0.05) is 25.1 Å². The Bertz CT molecular complexity index is 1230.